The van der Waals surface area contributed by atoms with Crippen LogP contribution in [0.15, 0.2) is 30.3 Å². The van der Waals surface area contributed by atoms with Crippen molar-refractivity contribution in [2.75, 3.05) is 37.6 Å². The van der Waals surface area contributed by atoms with E-state index in [1.807, 2.05) is 0 Å². The van der Waals surface area contributed by atoms with E-state index in [1.165, 1.54) is 30.9 Å². The summed E-state index contributed by atoms with van der Waals surface area (Å²) in [6.07, 6.45) is 4.46. The summed E-state index contributed by atoms with van der Waals surface area (Å²) in [7, 11) is 0. The molecule has 2 nitrogen and oxygen atoms in total. The third kappa shape index (κ3) is 4.10. The summed E-state index contributed by atoms with van der Waals surface area (Å²) in [5.74, 6) is 0.613. The topological polar surface area (TPSA) is 6.48 Å². The van der Waals surface area contributed by atoms with Crippen LogP contribution in [0, 0.1) is 5.92 Å². The van der Waals surface area contributed by atoms with Crippen molar-refractivity contribution in [3.05, 3.63) is 35.9 Å². The number of hydrogen-bond acceptors (Lipinski definition) is 2. The molecule has 0 N–H and O–H groups in total. The summed E-state index contributed by atoms with van der Waals surface area (Å²) < 4.78 is 0. The molecule has 0 aliphatic carbocycles. The van der Waals surface area contributed by atoms with Crippen molar-refractivity contribution in [2.24, 2.45) is 5.92 Å². The Bertz CT molecular complexity index is 398. The second-order valence-corrected chi connectivity index (χ2v) is 5.62. The highest BCUT2D eigenvalue weighted by atomic mass is 15.3. The Morgan fingerprint density at radius 3 is 2.21 bits per heavy atom. The van der Waals surface area contributed by atoms with Crippen LogP contribution in [0.4, 0.5) is 5.69 Å². The lowest BCUT2D eigenvalue weighted by Crippen LogP contribution is -2.46. The average Bonchev–Trinajstić information content (AvgIpc) is 2.46. The van der Waals surface area contributed by atoms with E-state index >= 15 is 0 Å². The van der Waals surface area contributed by atoms with Crippen LogP contribution in [0.25, 0.3) is 6.08 Å². The molecule has 0 unspecified atom stereocenters. The Kier molecular flexibility index (Phi) is 5.03. The van der Waals surface area contributed by atoms with Gasteiger partial charge in [-0.1, -0.05) is 45.1 Å². The van der Waals surface area contributed by atoms with E-state index in [0.717, 1.165) is 13.1 Å². The molecule has 0 amide bonds. The van der Waals surface area contributed by atoms with Crippen LogP contribution in [0.5, 0.6) is 0 Å². The molecule has 2 heteroatoms. The Morgan fingerprint density at radius 1 is 1.05 bits per heavy atom. The maximum absolute atomic E-state index is 2.51. The number of likely N-dealkylation sites (N-methyl/N-ethyl adjacent to an activating group) is 1. The maximum atomic E-state index is 2.51. The van der Waals surface area contributed by atoms with Crippen molar-refractivity contribution < 1.29 is 0 Å². The minimum absolute atomic E-state index is 0.613. The molecular weight excluding hydrogens is 232 g/mol. The van der Waals surface area contributed by atoms with Gasteiger partial charge in [-0.3, -0.25) is 0 Å². The SMILES string of the molecule is CCN1CCN(c2ccc(/C=C/C(C)C)cc2)CC1. The van der Waals surface area contributed by atoms with E-state index in [-0.39, 0.29) is 0 Å². The van der Waals surface area contributed by atoms with Crippen LogP contribution in [0.3, 0.4) is 0 Å². The molecule has 1 heterocycles. The highest BCUT2D eigenvalue weighted by Crippen LogP contribution is 2.18. The van der Waals surface area contributed by atoms with Gasteiger partial charge in [-0.15, -0.1) is 0 Å². The van der Waals surface area contributed by atoms with Gasteiger partial charge in [0.2, 0.25) is 0 Å². The molecule has 19 heavy (non-hydrogen) atoms. The molecule has 0 saturated carbocycles. The summed E-state index contributed by atoms with van der Waals surface area (Å²) in [5, 5.41) is 0. The molecule has 0 aromatic heterocycles. The quantitative estimate of drug-likeness (QED) is 0.815. The molecule has 1 aromatic carbocycles. The van der Waals surface area contributed by atoms with Gasteiger partial charge in [0.25, 0.3) is 0 Å². The Labute approximate surface area is 117 Å². The highest BCUT2D eigenvalue weighted by Gasteiger charge is 2.15. The first-order valence-corrected chi connectivity index (χ1v) is 7.44. The number of piperazine rings is 1. The average molecular weight is 258 g/mol. The van der Waals surface area contributed by atoms with Crippen LogP contribution >= 0.6 is 0 Å². The summed E-state index contributed by atoms with van der Waals surface area (Å²) in [4.78, 5) is 5.00. The minimum Gasteiger partial charge on any atom is -0.369 e. The fraction of sp³-hybridized carbons (Fsp3) is 0.529. The molecule has 1 saturated heterocycles. The second kappa shape index (κ2) is 6.76. The minimum atomic E-state index is 0.613. The van der Waals surface area contributed by atoms with E-state index in [9.17, 15) is 0 Å². The third-order valence-corrected chi connectivity index (χ3v) is 3.75. The Balaban J connectivity index is 1.95. The fourth-order valence-electron chi connectivity index (χ4n) is 2.42. The molecular formula is C17H26N2. The second-order valence-electron chi connectivity index (χ2n) is 5.62. The van der Waals surface area contributed by atoms with Crippen LogP contribution < -0.4 is 4.90 Å². The van der Waals surface area contributed by atoms with Crippen LogP contribution in [-0.4, -0.2) is 37.6 Å². The van der Waals surface area contributed by atoms with Gasteiger partial charge >= 0.3 is 0 Å². The third-order valence-electron chi connectivity index (χ3n) is 3.75. The molecule has 0 radical (unpaired) electrons. The van der Waals surface area contributed by atoms with Gasteiger partial charge in [-0.2, -0.15) is 0 Å². The maximum Gasteiger partial charge on any atom is 0.0367 e. The molecule has 1 aliphatic heterocycles. The molecule has 1 aliphatic rings. The molecule has 1 fully saturated rings. The van der Waals surface area contributed by atoms with E-state index in [1.54, 1.807) is 0 Å². The zero-order valence-corrected chi connectivity index (χ0v) is 12.5. The fourth-order valence-corrected chi connectivity index (χ4v) is 2.42. The van der Waals surface area contributed by atoms with Crippen LogP contribution in [-0.2, 0) is 0 Å². The number of anilines is 1. The van der Waals surface area contributed by atoms with E-state index in [4.69, 9.17) is 0 Å². The standard InChI is InChI=1S/C17H26N2/c1-4-18-11-13-19(14-12-18)17-9-7-16(8-10-17)6-5-15(2)3/h5-10,15H,4,11-14H2,1-3H3/b6-5+. The van der Waals surface area contributed by atoms with Crippen molar-refractivity contribution in [3.8, 4) is 0 Å². The summed E-state index contributed by atoms with van der Waals surface area (Å²) in [6.45, 7) is 12.5. The molecule has 2 rings (SSSR count). The van der Waals surface area contributed by atoms with Crippen molar-refractivity contribution in [2.45, 2.75) is 20.8 Å². The van der Waals surface area contributed by atoms with Crippen LogP contribution in [0.2, 0.25) is 0 Å². The van der Waals surface area contributed by atoms with Gasteiger partial charge in [-0.05, 0) is 30.2 Å². The largest absolute Gasteiger partial charge is 0.369 e. The van der Waals surface area contributed by atoms with Crippen molar-refractivity contribution >= 4 is 11.8 Å². The Hall–Kier alpha value is -1.28. The molecule has 0 atom stereocenters. The van der Waals surface area contributed by atoms with Crippen LogP contribution in [0.1, 0.15) is 26.3 Å². The number of hydrogen-bond donors (Lipinski definition) is 0. The predicted octanol–water partition coefficient (Wildman–Crippen LogP) is 3.50. The lowest BCUT2D eigenvalue weighted by molar-refractivity contribution is 0.271. The van der Waals surface area contributed by atoms with Gasteiger partial charge in [0.1, 0.15) is 0 Å². The highest BCUT2D eigenvalue weighted by molar-refractivity contribution is 5.56. The first-order valence-electron chi connectivity index (χ1n) is 7.44. The van der Waals surface area contributed by atoms with Gasteiger partial charge in [0.15, 0.2) is 0 Å². The van der Waals surface area contributed by atoms with Crippen molar-refractivity contribution in [1.82, 2.24) is 4.90 Å². The van der Waals surface area contributed by atoms with Gasteiger partial charge in [0.05, 0.1) is 0 Å². The number of nitrogens with zero attached hydrogens (tertiary/aromatic N) is 2. The lowest BCUT2D eigenvalue weighted by Gasteiger charge is -2.35. The first kappa shape index (κ1) is 14.1. The summed E-state index contributed by atoms with van der Waals surface area (Å²) >= 11 is 0. The zero-order valence-electron chi connectivity index (χ0n) is 12.5. The summed E-state index contributed by atoms with van der Waals surface area (Å²) in [6, 6.07) is 8.95. The smallest absolute Gasteiger partial charge is 0.0367 e. The normalized spacial score (nSPS) is 17.6. The number of benzene rings is 1. The zero-order chi connectivity index (χ0) is 13.7. The molecule has 104 valence electrons. The Morgan fingerprint density at radius 2 is 1.68 bits per heavy atom. The van der Waals surface area contributed by atoms with Crippen molar-refractivity contribution in [1.29, 1.82) is 0 Å². The summed E-state index contributed by atoms with van der Waals surface area (Å²) in [5.41, 5.74) is 2.65. The lowest BCUT2D eigenvalue weighted by atomic mass is 10.1. The van der Waals surface area contributed by atoms with Gasteiger partial charge < -0.3 is 9.80 Å². The van der Waals surface area contributed by atoms with E-state index < -0.39 is 0 Å². The number of rotatable bonds is 4. The van der Waals surface area contributed by atoms with E-state index in [0.29, 0.717) is 5.92 Å². The molecule has 1 aromatic rings. The van der Waals surface area contributed by atoms with Gasteiger partial charge in [-0.25, -0.2) is 0 Å². The number of allylic oxidation sites excluding steroid dienone is 1. The molecule has 0 spiro atoms. The van der Waals surface area contributed by atoms with Crippen molar-refractivity contribution in [3.63, 3.8) is 0 Å². The molecule has 0 bridgehead atoms. The van der Waals surface area contributed by atoms with Gasteiger partial charge in [0, 0.05) is 31.9 Å². The van der Waals surface area contributed by atoms with E-state index in [2.05, 4.69) is 67.0 Å². The monoisotopic (exact) mass is 258 g/mol. The first-order chi connectivity index (χ1) is 9.19. The predicted molar refractivity (Wildman–Crippen MR) is 84.6 cm³/mol.